The van der Waals surface area contributed by atoms with Crippen molar-refractivity contribution in [2.24, 2.45) is 0 Å². The van der Waals surface area contributed by atoms with Crippen molar-refractivity contribution >= 4 is 44.2 Å². The first-order chi connectivity index (χ1) is 18.0. The number of para-hydroxylation sites is 1. The molecule has 4 aromatic rings. The zero-order chi connectivity index (χ0) is 25.9. The van der Waals surface area contributed by atoms with Crippen LogP contribution >= 0.6 is 11.3 Å². The Kier molecular flexibility index (Phi) is 7.38. The van der Waals surface area contributed by atoms with Gasteiger partial charge >= 0.3 is 5.97 Å². The molecule has 0 unspecified atom stereocenters. The molecule has 0 amide bonds. The van der Waals surface area contributed by atoms with Crippen molar-refractivity contribution in [3.05, 3.63) is 63.0 Å². The predicted molar refractivity (Wildman–Crippen MR) is 148 cm³/mol. The number of nitrogens with two attached hydrogens (primary N) is 1. The second-order valence-corrected chi connectivity index (χ2v) is 10.3. The number of esters is 1. The van der Waals surface area contributed by atoms with Crippen LogP contribution in [0.5, 0.6) is 0 Å². The highest BCUT2D eigenvalue weighted by Crippen LogP contribution is 2.28. The molecular formula is C27H32N6O3S. The van der Waals surface area contributed by atoms with Crippen molar-refractivity contribution < 1.29 is 9.53 Å². The number of piperazine rings is 1. The fraction of sp³-hybridized carbons (Fsp3) is 0.407. The number of fused-ring (bicyclic) bond motifs is 2. The van der Waals surface area contributed by atoms with Crippen LogP contribution in [0.1, 0.15) is 40.8 Å². The van der Waals surface area contributed by atoms with Crippen molar-refractivity contribution in [3.63, 3.8) is 0 Å². The molecule has 0 aliphatic carbocycles. The lowest BCUT2D eigenvalue weighted by Gasteiger charge is -2.35. The van der Waals surface area contributed by atoms with Gasteiger partial charge in [0.05, 0.1) is 17.5 Å². The van der Waals surface area contributed by atoms with E-state index in [-0.39, 0.29) is 12.2 Å². The topological polar surface area (TPSA) is 107 Å². The van der Waals surface area contributed by atoms with Gasteiger partial charge < -0.3 is 15.5 Å². The highest BCUT2D eigenvalue weighted by molar-refractivity contribution is 7.20. The molecule has 0 atom stereocenters. The number of rotatable bonds is 8. The number of hydrogen-bond donors (Lipinski definition) is 1. The second kappa shape index (κ2) is 10.9. The molecule has 0 radical (unpaired) electrons. The first kappa shape index (κ1) is 25.2. The van der Waals surface area contributed by atoms with Gasteiger partial charge in [0.2, 0.25) is 0 Å². The lowest BCUT2D eigenvalue weighted by Crippen LogP contribution is -2.46. The van der Waals surface area contributed by atoms with E-state index in [1.165, 1.54) is 11.3 Å². The van der Waals surface area contributed by atoms with Gasteiger partial charge in [0.1, 0.15) is 21.3 Å². The van der Waals surface area contributed by atoms with Crippen molar-refractivity contribution in [1.29, 1.82) is 0 Å². The third-order valence-electron chi connectivity index (χ3n) is 6.94. The average Bonchev–Trinajstić information content (AvgIpc) is 3.25. The van der Waals surface area contributed by atoms with Crippen molar-refractivity contribution in [2.75, 3.05) is 50.1 Å². The number of nitrogens with zero attached hydrogens (tertiary/aromatic N) is 5. The maximum absolute atomic E-state index is 12.9. The molecular weight excluding hydrogens is 488 g/mol. The molecule has 10 heteroatoms. The van der Waals surface area contributed by atoms with Gasteiger partial charge in [-0.2, -0.15) is 0 Å². The summed E-state index contributed by atoms with van der Waals surface area (Å²) in [5.41, 5.74) is 1.30. The summed E-state index contributed by atoms with van der Waals surface area (Å²) >= 11 is 1.20. The molecule has 0 saturated carbocycles. The number of benzene rings is 1. The summed E-state index contributed by atoms with van der Waals surface area (Å²) in [7, 11) is 0. The van der Waals surface area contributed by atoms with Crippen molar-refractivity contribution in [3.8, 4) is 0 Å². The Balaban J connectivity index is 1.15. The summed E-state index contributed by atoms with van der Waals surface area (Å²) in [6, 6.07) is 12.5. The fourth-order valence-electron chi connectivity index (χ4n) is 4.86. The number of aryl methyl sites for hydroxylation is 2. The zero-order valence-corrected chi connectivity index (χ0v) is 22.1. The highest BCUT2D eigenvalue weighted by atomic mass is 32.1. The number of thiophene rings is 1. The van der Waals surface area contributed by atoms with Gasteiger partial charge in [-0.1, -0.05) is 18.2 Å². The van der Waals surface area contributed by atoms with Gasteiger partial charge in [-0.3, -0.25) is 9.69 Å². The van der Waals surface area contributed by atoms with Crippen LogP contribution in [0.3, 0.4) is 0 Å². The number of pyridine rings is 1. The number of aromatic nitrogens is 3. The van der Waals surface area contributed by atoms with Crippen LogP contribution in [0.25, 0.3) is 21.1 Å². The van der Waals surface area contributed by atoms with Crippen molar-refractivity contribution in [1.82, 2.24) is 19.5 Å². The summed E-state index contributed by atoms with van der Waals surface area (Å²) in [4.78, 5) is 40.4. The minimum Gasteiger partial charge on any atom is -0.462 e. The van der Waals surface area contributed by atoms with E-state index in [1.807, 2.05) is 12.1 Å². The minimum atomic E-state index is -0.427. The maximum Gasteiger partial charge on any atom is 0.348 e. The van der Waals surface area contributed by atoms with E-state index >= 15 is 0 Å². The lowest BCUT2D eigenvalue weighted by molar-refractivity contribution is 0.0531. The van der Waals surface area contributed by atoms with Gasteiger partial charge in [-0.05, 0) is 57.0 Å². The van der Waals surface area contributed by atoms with Crippen LogP contribution in [-0.2, 0) is 11.2 Å². The van der Waals surface area contributed by atoms with E-state index in [2.05, 4.69) is 39.0 Å². The van der Waals surface area contributed by atoms with E-state index < -0.39 is 5.97 Å². The third-order valence-corrected chi connectivity index (χ3v) is 8.10. The molecule has 1 aliphatic rings. The molecule has 1 saturated heterocycles. The van der Waals surface area contributed by atoms with Crippen LogP contribution in [0, 0.1) is 6.92 Å². The summed E-state index contributed by atoms with van der Waals surface area (Å²) in [6.45, 7) is 8.65. The third kappa shape index (κ3) is 5.17. The summed E-state index contributed by atoms with van der Waals surface area (Å²) < 4.78 is 6.25. The Morgan fingerprint density at radius 1 is 1.08 bits per heavy atom. The van der Waals surface area contributed by atoms with E-state index in [1.54, 1.807) is 13.8 Å². The molecule has 0 spiro atoms. The number of unbranched alkanes of at least 4 members (excludes halogenated alkanes) is 1. The first-order valence-electron chi connectivity index (χ1n) is 12.8. The van der Waals surface area contributed by atoms with Crippen LogP contribution in [0.4, 0.5) is 5.82 Å². The van der Waals surface area contributed by atoms with E-state index in [0.717, 1.165) is 67.0 Å². The molecule has 2 N–H and O–H groups in total. The largest absolute Gasteiger partial charge is 0.462 e. The van der Waals surface area contributed by atoms with E-state index in [4.69, 9.17) is 15.6 Å². The molecule has 37 heavy (non-hydrogen) atoms. The standard InChI is InChI=1S/C27H32N6O3S/c1-3-36-27(35)24-18(2)23-25(37-24)30-22(33(28)26(23)34)10-6-7-13-31-14-16-32(17-15-31)21-12-11-19-8-4-5-9-20(19)29-21/h4-5,8-9,11-12H,3,6-7,10,13-17,28H2,1-2H3. The Morgan fingerprint density at radius 3 is 2.65 bits per heavy atom. The van der Waals surface area contributed by atoms with Gasteiger partial charge in [-0.25, -0.2) is 19.4 Å². The molecule has 194 valence electrons. The molecule has 9 nitrogen and oxygen atoms in total. The van der Waals surface area contributed by atoms with Crippen LogP contribution < -0.4 is 16.3 Å². The quantitative estimate of drug-likeness (QED) is 0.214. The molecule has 4 heterocycles. The molecule has 3 aromatic heterocycles. The van der Waals surface area contributed by atoms with Gasteiger partial charge in [0, 0.05) is 38.0 Å². The summed E-state index contributed by atoms with van der Waals surface area (Å²) in [5, 5.41) is 1.56. The SMILES string of the molecule is CCOC(=O)c1sc2nc(CCCCN3CCN(c4ccc5ccccc5n4)CC3)n(N)c(=O)c2c1C. The van der Waals surface area contributed by atoms with Gasteiger partial charge in [-0.15, -0.1) is 11.3 Å². The number of ether oxygens (including phenoxy) is 1. The number of nitrogen functional groups attached to an aromatic ring is 1. The lowest BCUT2D eigenvalue weighted by atomic mass is 10.2. The Bertz CT molecular complexity index is 1490. The second-order valence-electron chi connectivity index (χ2n) is 9.31. The van der Waals surface area contributed by atoms with Gasteiger partial charge in [0.25, 0.3) is 5.56 Å². The van der Waals surface area contributed by atoms with Crippen LogP contribution in [0.2, 0.25) is 0 Å². The van der Waals surface area contributed by atoms with Crippen molar-refractivity contribution in [2.45, 2.75) is 33.1 Å². The van der Waals surface area contributed by atoms with Crippen LogP contribution in [-0.4, -0.2) is 64.8 Å². The number of anilines is 1. The molecule has 1 aliphatic heterocycles. The van der Waals surface area contributed by atoms with Gasteiger partial charge in [0.15, 0.2) is 0 Å². The smallest absolute Gasteiger partial charge is 0.348 e. The Morgan fingerprint density at radius 2 is 1.86 bits per heavy atom. The van der Waals surface area contributed by atoms with E-state index in [0.29, 0.717) is 32.9 Å². The number of carbonyl (C=O) groups is 1. The monoisotopic (exact) mass is 520 g/mol. The minimum absolute atomic E-state index is 0.279. The fourth-order valence-corrected chi connectivity index (χ4v) is 5.94. The molecule has 1 aromatic carbocycles. The molecule has 1 fully saturated rings. The Labute approximate surface area is 219 Å². The predicted octanol–water partition coefficient (Wildman–Crippen LogP) is 3.35. The Hall–Kier alpha value is -3.50. The molecule has 0 bridgehead atoms. The number of hydrogen-bond acceptors (Lipinski definition) is 9. The van der Waals surface area contributed by atoms with E-state index in [9.17, 15) is 9.59 Å². The molecule has 5 rings (SSSR count). The average molecular weight is 521 g/mol. The van der Waals surface area contributed by atoms with Crippen LogP contribution in [0.15, 0.2) is 41.2 Å². The zero-order valence-electron chi connectivity index (χ0n) is 21.3. The normalized spacial score (nSPS) is 14.5. The number of carbonyl (C=O) groups excluding carboxylic acids is 1. The summed E-state index contributed by atoms with van der Waals surface area (Å²) in [5.74, 6) is 7.25. The maximum atomic E-state index is 12.9. The highest BCUT2D eigenvalue weighted by Gasteiger charge is 2.22. The summed E-state index contributed by atoms with van der Waals surface area (Å²) in [6.07, 6.45) is 2.46. The first-order valence-corrected chi connectivity index (χ1v) is 13.6.